The number of nitrogens with one attached hydrogen (secondary N) is 2. The smallest absolute Gasteiger partial charge is 0.342 e. The van der Waals surface area contributed by atoms with Gasteiger partial charge in [-0.15, -0.1) is 0 Å². The average molecular weight is 1070 g/mol. The van der Waals surface area contributed by atoms with Crippen LogP contribution >= 0.6 is 0 Å². The lowest BCUT2D eigenvalue weighted by Crippen LogP contribution is -2.82. The van der Waals surface area contributed by atoms with Crippen LogP contribution in [-0.2, 0) is 50.3 Å². The molecule has 0 radical (unpaired) electrons. The number of piperidine rings is 1. The zero-order valence-electron chi connectivity index (χ0n) is 46.6. The molecular weight excluding hydrogens is 989 g/mol. The molecule has 416 valence electrons. The number of H-pyrrole nitrogens is 1. The molecular formula is C61H84N6O9Si. The van der Waals surface area contributed by atoms with Gasteiger partial charge < -0.3 is 39.3 Å². The van der Waals surface area contributed by atoms with Gasteiger partial charge in [-0.3, -0.25) is 29.1 Å². The Morgan fingerprint density at radius 3 is 2.48 bits per heavy atom. The molecule has 15 nitrogen and oxygen atoms in total. The van der Waals surface area contributed by atoms with Crippen LogP contribution in [0.15, 0.2) is 60.7 Å². The first-order chi connectivity index (χ1) is 37.0. The molecule has 1 aliphatic carbocycles. The van der Waals surface area contributed by atoms with Gasteiger partial charge in [-0.05, 0) is 124 Å². The Morgan fingerprint density at radius 2 is 1.73 bits per heavy atom. The number of aryl methyl sites for hydroxylation is 1. The molecule has 3 aromatic rings. The number of hydrogen-bond donors (Lipinski definition) is 4. The first kappa shape index (κ1) is 54.3. The zero-order chi connectivity index (χ0) is 54.1. The quantitative estimate of drug-likeness (QED) is 0.0361. The highest BCUT2D eigenvalue weighted by molar-refractivity contribution is 6.74. The van der Waals surface area contributed by atoms with Gasteiger partial charge in [0.15, 0.2) is 8.32 Å². The summed E-state index contributed by atoms with van der Waals surface area (Å²) < 4.78 is 19.5. The van der Waals surface area contributed by atoms with Crippen LogP contribution in [0.2, 0.25) is 18.1 Å². The van der Waals surface area contributed by atoms with E-state index in [-0.39, 0.29) is 49.4 Å². The number of methoxy groups -OCH3 is 1. The Bertz CT molecular complexity index is 2830. The van der Waals surface area contributed by atoms with E-state index in [1.165, 1.54) is 52.6 Å². The van der Waals surface area contributed by atoms with E-state index in [0.29, 0.717) is 32.4 Å². The van der Waals surface area contributed by atoms with Crippen molar-refractivity contribution in [2.45, 2.75) is 163 Å². The number of para-hydroxylation sites is 1. The number of hydrogen-bond acceptors (Lipinski definition) is 12. The molecule has 77 heavy (non-hydrogen) atoms. The van der Waals surface area contributed by atoms with Crippen molar-refractivity contribution in [3.63, 3.8) is 0 Å². The van der Waals surface area contributed by atoms with Crippen molar-refractivity contribution in [3.8, 4) is 0 Å². The second-order valence-corrected chi connectivity index (χ2v) is 28.9. The van der Waals surface area contributed by atoms with E-state index in [1.54, 1.807) is 0 Å². The number of nitrogens with zero attached hydrogens (tertiary/aromatic N) is 4. The Hall–Kier alpha value is -4.68. The normalized spacial score (nSPS) is 34.1. The number of benzene rings is 2. The minimum Gasteiger partial charge on any atom is -0.467 e. The van der Waals surface area contributed by atoms with Crippen LogP contribution in [0.1, 0.15) is 119 Å². The minimum absolute atomic E-state index is 0.0578. The molecule has 4 fully saturated rings. The number of aromatic amines is 1. The third kappa shape index (κ3) is 8.89. The molecule has 1 saturated carbocycles. The monoisotopic (exact) mass is 1070 g/mol. The number of carbonyl (C=O) groups excluding carboxylic acids is 4. The van der Waals surface area contributed by atoms with E-state index in [1.807, 2.05) is 0 Å². The number of rotatable bonds is 17. The number of esters is 1. The Balaban J connectivity index is 0.919. The number of fused-ring (bicyclic) bond motifs is 6. The standard InChI is InChI=1S/C61H84N6O9Si/c1-7-58(72)38-42-37-57(4,52-44(22-27-65(39-42)40-58)43-17-10-11-18-47(43)63-52)45-36-46-48(35-41(45)3)64(5)54-60(46)24-28-66-26-16-23-59(8-2,53(60)66)55(61(54,73)56(71)74-6)76-77(32-13-9-14-33-77)34-15-12-19-49(68)62-25-30-75-31-29-67-50(69)20-21-51(67)70/h10-11,16-18,20-21,23,35-36,42,53-55,63,72-73H,7-9,12-15,19,22,24-34,37-40H2,1-6H3,(H,62,68)/t42?,53-,54+,55+,57+,58-,59+,60+,61-/m0/s1. The number of imide groups is 1. The highest BCUT2D eigenvalue weighted by atomic mass is 28.4. The van der Waals surface area contributed by atoms with Crippen molar-refractivity contribution in [2.24, 2.45) is 11.3 Å². The number of ether oxygens (including phenoxy) is 2. The third-order valence-corrected chi connectivity index (χ3v) is 25.0. The molecule has 8 aliphatic rings. The van der Waals surface area contributed by atoms with Crippen molar-refractivity contribution < 1.29 is 43.3 Å². The Labute approximate surface area is 456 Å². The first-order valence-corrected chi connectivity index (χ1v) is 31.7. The molecule has 16 heteroatoms. The molecule has 11 rings (SSSR count). The number of likely N-dealkylation sites (N-methyl/N-ethyl adjacent to an activating group) is 1. The summed E-state index contributed by atoms with van der Waals surface area (Å²) in [5.74, 6) is -1.12. The van der Waals surface area contributed by atoms with Crippen LogP contribution in [-0.4, -0.2) is 164 Å². The summed E-state index contributed by atoms with van der Waals surface area (Å²) in [7, 11) is 0.835. The van der Waals surface area contributed by atoms with E-state index < -0.39 is 53.9 Å². The van der Waals surface area contributed by atoms with E-state index >= 15 is 4.79 Å². The van der Waals surface area contributed by atoms with Crippen LogP contribution in [0.3, 0.4) is 0 Å². The van der Waals surface area contributed by atoms with Gasteiger partial charge in [-0.1, -0.05) is 75.9 Å². The van der Waals surface area contributed by atoms with Gasteiger partial charge in [0, 0.05) is 103 Å². The van der Waals surface area contributed by atoms with Crippen molar-refractivity contribution >= 4 is 48.6 Å². The Morgan fingerprint density at radius 1 is 0.948 bits per heavy atom. The van der Waals surface area contributed by atoms with Gasteiger partial charge in [0.2, 0.25) is 11.5 Å². The number of anilines is 1. The van der Waals surface area contributed by atoms with Crippen LogP contribution in [0.5, 0.6) is 0 Å². The zero-order valence-corrected chi connectivity index (χ0v) is 47.6. The number of unbranched alkanes of at least 4 members (excludes halogenated alkanes) is 1. The SMILES string of the molecule is CC[C@]1(O)CC2CN(CCc3c([nH]c4ccccc34)[C@@](C)(c3cc4c(cc3C)N(C)[C@H]3[C@@](O)(C(=O)OC)[C@H](O[Si]5(CCCCC(=O)NCCOCCN6C(=O)C=CC6=O)CCCCC5)[C@]5(CC)C=CCN6CC[C@]43[C@@H]65)C2)C1. The van der Waals surface area contributed by atoms with E-state index in [0.717, 1.165) is 118 Å². The number of amides is 3. The highest BCUT2D eigenvalue weighted by Crippen LogP contribution is 2.68. The first-order valence-electron chi connectivity index (χ1n) is 29.2. The summed E-state index contributed by atoms with van der Waals surface area (Å²) in [4.78, 5) is 64.6. The summed E-state index contributed by atoms with van der Waals surface area (Å²) >= 11 is 0. The third-order valence-electron chi connectivity index (χ3n) is 20.5. The van der Waals surface area contributed by atoms with Crippen molar-refractivity contribution in [3.05, 3.63) is 88.7 Å². The van der Waals surface area contributed by atoms with Gasteiger partial charge >= 0.3 is 5.97 Å². The largest absolute Gasteiger partial charge is 0.467 e. The predicted molar refractivity (Wildman–Crippen MR) is 299 cm³/mol. The maximum atomic E-state index is 15.3. The van der Waals surface area contributed by atoms with Crippen LogP contribution in [0.25, 0.3) is 10.9 Å². The van der Waals surface area contributed by atoms with Gasteiger partial charge in [-0.25, -0.2) is 4.79 Å². The molecule has 1 spiro atoms. The van der Waals surface area contributed by atoms with Crippen LogP contribution in [0, 0.1) is 18.3 Å². The summed E-state index contributed by atoms with van der Waals surface area (Å²) in [6.07, 6.45) is 15.9. The molecule has 3 saturated heterocycles. The highest BCUT2D eigenvalue weighted by Gasteiger charge is 2.80. The molecule has 8 heterocycles. The molecule has 2 unspecified atom stereocenters. The number of aliphatic hydroxyl groups is 2. The van der Waals surface area contributed by atoms with E-state index in [2.05, 4.69) is 108 Å². The maximum absolute atomic E-state index is 15.3. The predicted octanol–water partition coefficient (Wildman–Crippen LogP) is 6.95. The van der Waals surface area contributed by atoms with Crippen molar-refractivity contribution in [1.29, 1.82) is 0 Å². The van der Waals surface area contributed by atoms with Gasteiger partial charge in [0.1, 0.15) is 0 Å². The summed E-state index contributed by atoms with van der Waals surface area (Å²) in [5.41, 5.74) is 3.78. The fourth-order valence-electron chi connectivity index (χ4n) is 17.2. The molecule has 7 aliphatic heterocycles. The lowest BCUT2D eigenvalue weighted by atomic mass is 9.47. The summed E-state index contributed by atoms with van der Waals surface area (Å²) in [6, 6.07) is 15.6. The summed E-state index contributed by atoms with van der Waals surface area (Å²) in [5, 5.41) is 30.6. The lowest BCUT2D eigenvalue weighted by Gasteiger charge is -2.65. The van der Waals surface area contributed by atoms with Crippen molar-refractivity contribution in [1.82, 2.24) is 25.0 Å². The fourth-order valence-corrected chi connectivity index (χ4v) is 21.9. The van der Waals surface area contributed by atoms with Crippen molar-refractivity contribution in [2.75, 3.05) is 78.1 Å². The molecule has 10 atom stereocenters. The average Bonchev–Trinajstić information content (AvgIpc) is 3.42. The molecule has 2 aromatic carbocycles. The number of carbonyl (C=O) groups is 4. The lowest BCUT2D eigenvalue weighted by molar-refractivity contribution is -0.214. The molecule has 3 amide bonds. The molecule has 4 N–H and O–H groups in total. The minimum atomic E-state index is -2.67. The van der Waals surface area contributed by atoms with Crippen LogP contribution in [0.4, 0.5) is 5.69 Å². The van der Waals surface area contributed by atoms with E-state index in [4.69, 9.17) is 13.9 Å². The van der Waals surface area contributed by atoms with Gasteiger partial charge in [0.05, 0.1) is 44.6 Å². The van der Waals surface area contributed by atoms with E-state index in [9.17, 15) is 24.6 Å². The van der Waals surface area contributed by atoms with Gasteiger partial charge in [0.25, 0.3) is 11.8 Å². The molecule has 2 bridgehead atoms. The fraction of sp³-hybridized carbons (Fsp3) is 0.639. The van der Waals surface area contributed by atoms with Gasteiger partial charge in [-0.2, -0.15) is 0 Å². The second kappa shape index (κ2) is 20.8. The molecule has 1 aromatic heterocycles. The topological polar surface area (TPSA) is 177 Å². The second-order valence-electron chi connectivity index (χ2n) is 24.8. The maximum Gasteiger partial charge on any atom is 0.342 e. The number of aromatic nitrogens is 1. The Kier molecular flexibility index (Phi) is 14.6. The van der Waals surface area contributed by atoms with Crippen LogP contribution < -0.4 is 10.2 Å². The summed E-state index contributed by atoms with van der Waals surface area (Å²) in [6.45, 7) is 14.1.